The van der Waals surface area contributed by atoms with Gasteiger partial charge in [-0.15, -0.1) is 0 Å². The molecule has 1 aliphatic rings. The molecule has 1 saturated carbocycles. The van der Waals surface area contributed by atoms with Gasteiger partial charge in [-0.05, 0) is 51.0 Å². The summed E-state index contributed by atoms with van der Waals surface area (Å²) in [5, 5.41) is 3.82. The van der Waals surface area contributed by atoms with Gasteiger partial charge >= 0.3 is 5.97 Å². The minimum absolute atomic E-state index is 0.0402. The first-order chi connectivity index (χ1) is 13.3. The molecule has 0 unspecified atom stereocenters. The molecule has 1 aromatic carbocycles. The lowest BCUT2D eigenvalue weighted by Crippen LogP contribution is -2.38. The Hall–Kier alpha value is -2.19. The molecule has 0 bridgehead atoms. The summed E-state index contributed by atoms with van der Waals surface area (Å²) >= 11 is 0. The van der Waals surface area contributed by atoms with Crippen molar-refractivity contribution in [3.63, 3.8) is 0 Å². The zero-order valence-corrected chi connectivity index (χ0v) is 17.3. The highest BCUT2D eigenvalue weighted by molar-refractivity contribution is 7.89. The minimum atomic E-state index is -3.58. The molecule has 7 nitrogen and oxygen atoms in total. The molecule has 152 valence electrons. The molecule has 0 N–H and O–H groups in total. The van der Waals surface area contributed by atoms with Crippen molar-refractivity contribution in [2.24, 2.45) is 0 Å². The van der Waals surface area contributed by atoms with Crippen LogP contribution in [0.25, 0.3) is 0 Å². The fraction of sp³-hybridized carbons (Fsp3) is 0.500. The van der Waals surface area contributed by atoms with E-state index < -0.39 is 16.0 Å². The number of aromatic nitrogens is 1. The molecule has 1 heterocycles. The van der Waals surface area contributed by atoms with Crippen molar-refractivity contribution in [2.45, 2.75) is 63.5 Å². The van der Waals surface area contributed by atoms with E-state index in [1.807, 2.05) is 0 Å². The summed E-state index contributed by atoms with van der Waals surface area (Å²) in [5.74, 6) is 0.0853. The number of hydrogen-bond donors (Lipinski definition) is 0. The first kappa shape index (κ1) is 20.5. The third kappa shape index (κ3) is 4.28. The Bertz CT molecular complexity index is 909. The second kappa shape index (κ2) is 8.45. The zero-order chi connectivity index (χ0) is 20.3. The average Bonchev–Trinajstić information content (AvgIpc) is 3.03. The largest absolute Gasteiger partial charge is 0.457 e. The molecule has 0 atom stereocenters. The van der Waals surface area contributed by atoms with Gasteiger partial charge in [-0.1, -0.05) is 24.4 Å². The van der Waals surface area contributed by atoms with Gasteiger partial charge in [-0.2, -0.15) is 4.31 Å². The highest BCUT2D eigenvalue weighted by Crippen LogP contribution is 2.26. The SMILES string of the molecule is Cc1noc(C)c1COC(=O)c1ccc(S(=O)(=O)N(C)C2CCCCC2)cc1. The molecule has 1 aliphatic carbocycles. The van der Waals surface area contributed by atoms with Gasteiger partial charge in [-0.25, -0.2) is 13.2 Å². The zero-order valence-electron chi connectivity index (χ0n) is 16.5. The van der Waals surface area contributed by atoms with Crippen LogP contribution in [0.2, 0.25) is 0 Å². The fourth-order valence-electron chi connectivity index (χ4n) is 3.50. The standard InChI is InChI=1S/C20H26N2O5S/c1-14-19(15(2)27-21-14)13-26-20(23)16-9-11-18(12-10-16)28(24,25)22(3)17-7-5-4-6-8-17/h9-12,17H,4-8,13H2,1-3H3. The lowest BCUT2D eigenvalue weighted by molar-refractivity contribution is 0.0470. The van der Waals surface area contributed by atoms with Crippen LogP contribution in [0.4, 0.5) is 0 Å². The van der Waals surface area contributed by atoms with Crippen molar-refractivity contribution >= 4 is 16.0 Å². The van der Waals surface area contributed by atoms with Gasteiger partial charge in [0.1, 0.15) is 12.4 Å². The number of aryl methyl sites for hydroxylation is 2. The highest BCUT2D eigenvalue weighted by Gasteiger charge is 2.29. The quantitative estimate of drug-likeness (QED) is 0.681. The Morgan fingerprint density at radius 3 is 2.39 bits per heavy atom. The Kier molecular flexibility index (Phi) is 6.20. The van der Waals surface area contributed by atoms with Crippen molar-refractivity contribution in [1.29, 1.82) is 0 Å². The van der Waals surface area contributed by atoms with E-state index >= 15 is 0 Å². The molecule has 8 heteroatoms. The monoisotopic (exact) mass is 406 g/mol. The van der Waals surface area contributed by atoms with Crippen molar-refractivity contribution in [2.75, 3.05) is 7.05 Å². The normalized spacial score (nSPS) is 15.7. The lowest BCUT2D eigenvalue weighted by Gasteiger charge is -2.30. The summed E-state index contributed by atoms with van der Waals surface area (Å²) in [5.41, 5.74) is 1.71. The van der Waals surface area contributed by atoms with E-state index in [0.717, 1.165) is 37.7 Å². The number of rotatable bonds is 6. The number of sulfonamides is 1. The first-order valence-electron chi connectivity index (χ1n) is 9.47. The summed E-state index contributed by atoms with van der Waals surface area (Å²) in [4.78, 5) is 12.5. The Morgan fingerprint density at radius 1 is 1.18 bits per heavy atom. The molecule has 0 saturated heterocycles. The predicted octanol–water partition coefficient (Wildman–Crippen LogP) is 3.60. The molecule has 0 aliphatic heterocycles. The lowest BCUT2D eigenvalue weighted by atomic mass is 9.96. The van der Waals surface area contributed by atoms with Crippen LogP contribution in [0, 0.1) is 13.8 Å². The van der Waals surface area contributed by atoms with Gasteiger partial charge in [0, 0.05) is 13.1 Å². The van der Waals surface area contributed by atoms with Crippen LogP contribution in [0.1, 0.15) is 59.5 Å². The molecule has 0 spiro atoms. The van der Waals surface area contributed by atoms with Crippen LogP contribution in [-0.2, 0) is 21.4 Å². The van der Waals surface area contributed by atoms with E-state index in [9.17, 15) is 13.2 Å². The van der Waals surface area contributed by atoms with E-state index in [4.69, 9.17) is 9.26 Å². The molecular formula is C20H26N2O5S. The summed E-state index contributed by atoms with van der Waals surface area (Å²) in [6.45, 7) is 3.60. The van der Waals surface area contributed by atoms with Gasteiger partial charge in [0.2, 0.25) is 10.0 Å². The third-order valence-electron chi connectivity index (χ3n) is 5.38. The molecule has 1 fully saturated rings. The average molecular weight is 407 g/mol. The predicted molar refractivity (Wildman–Crippen MR) is 103 cm³/mol. The summed E-state index contributed by atoms with van der Waals surface area (Å²) in [6, 6.07) is 5.93. The van der Waals surface area contributed by atoms with E-state index in [0.29, 0.717) is 17.0 Å². The number of hydrogen-bond acceptors (Lipinski definition) is 6. The number of carbonyl (C=O) groups excluding carboxylic acids is 1. The third-order valence-corrected chi connectivity index (χ3v) is 7.31. The van der Waals surface area contributed by atoms with Crippen LogP contribution in [0.3, 0.4) is 0 Å². The van der Waals surface area contributed by atoms with Crippen LogP contribution in [0.5, 0.6) is 0 Å². The summed E-state index contributed by atoms with van der Waals surface area (Å²) in [7, 11) is -1.94. The van der Waals surface area contributed by atoms with Crippen molar-refractivity contribution in [3.8, 4) is 0 Å². The van der Waals surface area contributed by atoms with Crippen LogP contribution in [0.15, 0.2) is 33.7 Å². The van der Waals surface area contributed by atoms with Gasteiger partial charge < -0.3 is 9.26 Å². The maximum Gasteiger partial charge on any atom is 0.338 e. The number of ether oxygens (including phenoxy) is 1. The molecule has 0 amide bonds. The minimum Gasteiger partial charge on any atom is -0.457 e. The van der Waals surface area contributed by atoms with Crippen LogP contribution in [-0.4, -0.2) is 36.9 Å². The Balaban J connectivity index is 1.67. The van der Waals surface area contributed by atoms with Gasteiger partial charge in [0.05, 0.1) is 21.7 Å². The maximum atomic E-state index is 12.9. The second-order valence-corrected chi connectivity index (χ2v) is 9.21. The molecule has 2 aromatic rings. The molecular weight excluding hydrogens is 380 g/mol. The number of esters is 1. The molecule has 28 heavy (non-hydrogen) atoms. The smallest absolute Gasteiger partial charge is 0.338 e. The topological polar surface area (TPSA) is 89.7 Å². The second-order valence-electron chi connectivity index (χ2n) is 7.22. The Labute approximate surface area is 165 Å². The fourth-order valence-corrected chi connectivity index (χ4v) is 4.92. The Morgan fingerprint density at radius 2 is 1.82 bits per heavy atom. The molecule has 0 radical (unpaired) electrons. The van der Waals surface area contributed by atoms with Gasteiger partial charge in [0.25, 0.3) is 0 Å². The number of benzene rings is 1. The number of carbonyl (C=O) groups is 1. The van der Waals surface area contributed by atoms with E-state index in [1.165, 1.54) is 28.6 Å². The highest BCUT2D eigenvalue weighted by atomic mass is 32.2. The van der Waals surface area contributed by atoms with Gasteiger partial charge in [-0.3, -0.25) is 0 Å². The summed E-state index contributed by atoms with van der Waals surface area (Å²) in [6.07, 6.45) is 5.06. The molecule has 3 rings (SSSR count). The maximum absolute atomic E-state index is 12.9. The van der Waals surface area contributed by atoms with Gasteiger partial charge in [0.15, 0.2) is 0 Å². The van der Waals surface area contributed by atoms with Crippen LogP contribution < -0.4 is 0 Å². The van der Waals surface area contributed by atoms with E-state index in [1.54, 1.807) is 20.9 Å². The van der Waals surface area contributed by atoms with E-state index in [2.05, 4.69) is 5.16 Å². The van der Waals surface area contributed by atoms with Crippen molar-refractivity contribution in [1.82, 2.24) is 9.46 Å². The van der Waals surface area contributed by atoms with E-state index in [-0.39, 0.29) is 17.5 Å². The molecule has 1 aromatic heterocycles. The van der Waals surface area contributed by atoms with Crippen LogP contribution >= 0.6 is 0 Å². The number of nitrogens with zero attached hydrogens (tertiary/aromatic N) is 2. The van der Waals surface area contributed by atoms with Crippen molar-refractivity contribution < 1.29 is 22.5 Å². The van der Waals surface area contributed by atoms with Crippen molar-refractivity contribution in [3.05, 3.63) is 46.8 Å². The first-order valence-corrected chi connectivity index (χ1v) is 10.9. The summed E-state index contributed by atoms with van der Waals surface area (Å²) < 4.78 is 37.5.